The van der Waals surface area contributed by atoms with E-state index in [2.05, 4.69) is 20.7 Å². The number of H-pyrrole nitrogens is 1. The first kappa shape index (κ1) is 15.5. The summed E-state index contributed by atoms with van der Waals surface area (Å²) in [7, 11) is 0. The first-order valence-electron chi connectivity index (χ1n) is 5.94. The lowest BCUT2D eigenvalue weighted by molar-refractivity contribution is -0.144. The molecule has 2 amide bonds. The minimum absolute atomic E-state index is 0.129. The number of anilines is 2. The summed E-state index contributed by atoms with van der Waals surface area (Å²) in [6.07, 6.45) is -4.68. The Morgan fingerprint density at radius 1 is 1.23 bits per heavy atom. The Hall–Kier alpha value is -2.91. The van der Waals surface area contributed by atoms with E-state index >= 15 is 0 Å². The first-order chi connectivity index (χ1) is 10.3. The van der Waals surface area contributed by atoms with Gasteiger partial charge in [0.25, 0.3) is 5.91 Å². The molecule has 0 atom stereocenters. The molecule has 1 heterocycles. The summed E-state index contributed by atoms with van der Waals surface area (Å²) >= 11 is 0. The lowest BCUT2D eigenvalue weighted by atomic mass is 10.2. The molecule has 0 aliphatic rings. The summed E-state index contributed by atoms with van der Waals surface area (Å²) in [6.45, 7) is 1.30. The molecule has 10 heteroatoms. The van der Waals surface area contributed by atoms with Crippen molar-refractivity contribution in [3.05, 3.63) is 35.7 Å². The van der Waals surface area contributed by atoms with Gasteiger partial charge >= 0.3 is 6.18 Å². The number of benzene rings is 1. The molecule has 0 radical (unpaired) electrons. The largest absolute Gasteiger partial charge is 0.451 e. The fraction of sp³-hybridized carbons (Fsp3) is 0.167. The minimum atomic E-state index is -4.68. The molecule has 3 N–H and O–H groups in total. The molecule has 0 bridgehead atoms. The van der Waals surface area contributed by atoms with Gasteiger partial charge in [-0.15, -0.1) is 5.10 Å². The summed E-state index contributed by atoms with van der Waals surface area (Å²) < 4.78 is 37.0. The number of aromatic nitrogens is 3. The summed E-state index contributed by atoms with van der Waals surface area (Å²) in [5, 5.41) is 9.55. The Morgan fingerprint density at radius 3 is 2.55 bits per heavy atom. The van der Waals surface area contributed by atoms with Crippen LogP contribution >= 0.6 is 0 Å². The van der Waals surface area contributed by atoms with Crippen LogP contribution in [-0.2, 0) is 11.0 Å². The van der Waals surface area contributed by atoms with Gasteiger partial charge in [0.1, 0.15) is 0 Å². The molecule has 116 valence electrons. The number of amides is 2. The van der Waals surface area contributed by atoms with Crippen molar-refractivity contribution < 1.29 is 22.8 Å². The van der Waals surface area contributed by atoms with Gasteiger partial charge in [-0.05, 0) is 18.2 Å². The molecule has 0 aliphatic heterocycles. The smallest absolute Gasteiger partial charge is 0.326 e. The molecule has 0 saturated heterocycles. The molecule has 1 aromatic carbocycles. The van der Waals surface area contributed by atoms with Gasteiger partial charge in [0, 0.05) is 18.2 Å². The molecule has 2 rings (SSSR count). The maximum Gasteiger partial charge on any atom is 0.451 e. The number of hydrogen-bond acceptors (Lipinski definition) is 4. The molecule has 0 aliphatic carbocycles. The maximum atomic E-state index is 12.3. The number of carbonyl (C=O) groups excluding carboxylic acids is 2. The van der Waals surface area contributed by atoms with Crippen molar-refractivity contribution in [2.45, 2.75) is 13.1 Å². The number of nitrogens with zero attached hydrogens (tertiary/aromatic N) is 2. The van der Waals surface area contributed by atoms with Gasteiger partial charge in [0.05, 0.1) is 0 Å². The summed E-state index contributed by atoms with van der Waals surface area (Å²) in [5.41, 5.74) is 0.510. The van der Waals surface area contributed by atoms with Crippen LogP contribution in [0.25, 0.3) is 0 Å². The third kappa shape index (κ3) is 3.81. The maximum absolute atomic E-state index is 12.3. The van der Waals surface area contributed by atoms with Crippen LogP contribution in [0.5, 0.6) is 0 Å². The number of nitrogens with one attached hydrogen (secondary N) is 3. The van der Waals surface area contributed by atoms with E-state index in [1.54, 1.807) is 11.2 Å². The zero-order valence-corrected chi connectivity index (χ0v) is 11.2. The van der Waals surface area contributed by atoms with E-state index < -0.39 is 23.9 Å². The van der Waals surface area contributed by atoms with Crippen molar-refractivity contribution in [2.24, 2.45) is 0 Å². The van der Waals surface area contributed by atoms with Crippen molar-refractivity contribution in [3.63, 3.8) is 0 Å². The number of aromatic amines is 1. The second-order valence-electron chi connectivity index (χ2n) is 4.22. The third-order valence-electron chi connectivity index (χ3n) is 2.42. The second-order valence-corrected chi connectivity index (χ2v) is 4.22. The van der Waals surface area contributed by atoms with E-state index in [0.29, 0.717) is 5.69 Å². The Morgan fingerprint density at radius 2 is 1.95 bits per heavy atom. The Bertz CT molecular complexity index is 711. The van der Waals surface area contributed by atoms with E-state index in [-0.39, 0.29) is 11.5 Å². The zero-order chi connectivity index (χ0) is 16.3. The van der Waals surface area contributed by atoms with Gasteiger partial charge in [0.15, 0.2) is 0 Å². The highest BCUT2D eigenvalue weighted by atomic mass is 19.4. The Balaban J connectivity index is 2.12. The van der Waals surface area contributed by atoms with Crippen molar-refractivity contribution >= 4 is 23.5 Å². The van der Waals surface area contributed by atoms with Crippen molar-refractivity contribution in [2.75, 3.05) is 10.6 Å². The standard InChI is InChI=1S/C12H10F3N5O2/c1-6(21)16-8-4-2-3-7(5-8)9(22)17-11-18-10(19-20-11)12(13,14)15/h2-5H,1H3,(H,16,21)(H2,17,18,19,20,22). The van der Waals surface area contributed by atoms with Crippen LogP contribution in [0.3, 0.4) is 0 Å². The van der Waals surface area contributed by atoms with Crippen LogP contribution in [0.2, 0.25) is 0 Å². The number of carbonyl (C=O) groups is 2. The molecule has 22 heavy (non-hydrogen) atoms. The van der Waals surface area contributed by atoms with Gasteiger partial charge in [-0.1, -0.05) is 6.07 Å². The monoisotopic (exact) mass is 313 g/mol. The highest BCUT2D eigenvalue weighted by Gasteiger charge is 2.35. The van der Waals surface area contributed by atoms with Crippen molar-refractivity contribution in [1.29, 1.82) is 0 Å². The molecule has 0 fully saturated rings. The number of alkyl halides is 3. The average Bonchev–Trinajstić information content (AvgIpc) is 2.86. The molecule has 7 nitrogen and oxygen atoms in total. The van der Waals surface area contributed by atoms with Gasteiger partial charge in [-0.3, -0.25) is 20.0 Å². The minimum Gasteiger partial charge on any atom is -0.326 e. The quantitative estimate of drug-likeness (QED) is 0.807. The number of halogens is 3. The van der Waals surface area contributed by atoms with Gasteiger partial charge in [-0.2, -0.15) is 18.2 Å². The van der Waals surface area contributed by atoms with Crippen LogP contribution in [0, 0.1) is 0 Å². The SMILES string of the molecule is CC(=O)Nc1cccc(C(=O)Nc2n[nH]c(C(F)(F)F)n2)c1. The summed E-state index contributed by atoms with van der Waals surface area (Å²) in [4.78, 5) is 26.0. The van der Waals surface area contributed by atoms with Crippen LogP contribution in [-0.4, -0.2) is 27.0 Å². The molecule has 0 spiro atoms. The van der Waals surface area contributed by atoms with Crippen molar-refractivity contribution in [1.82, 2.24) is 15.2 Å². The Kier molecular flexibility index (Phi) is 4.11. The van der Waals surface area contributed by atoms with Crippen LogP contribution in [0.1, 0.15) is 23.1 Å². The number of rotatable bonds is 3. The first-order valence-corrected chi connectivity index (χ1v) is 5.94. The van der Waals surface area contributed by atoms with Crippen LogP contribution in [0.4, 0.5) is 24.8 Å². The van der Waals surface area contributed by atoms with Crippen molar-refractivity contribution in [3.8, 4) is 0 Å². The van der Waals surface area contributed by atoms with E-state index in [0.717, 1.165) is 0 Å². The van der Waals surface area contributed by atoms with Crippen LogP contribution < -0.4 is 10.6 Å². The lowest BCUT2D eigenvalue weighted by Gasteiger charge is -2.05. The van der Waals surface area contributed by atoms with Gasteiger partial charge in [-0.25, -0.2) is 0 Å². The normalized spacial score (nSPS) is 11.1. The predicted octanol–water partition coefficient (Wildman–Crippen LogP) is 2.03. The molecule has 2 aromatic rings. The topological polar surface area (TPSA) is 99.8 Å². The summed E-state index contributed by atoms with van der Waals surface area (Å²) in [5.74, 6) is -2.83. The highest BCUT2D eigenvalue weighted by Crippen LogP contribution is 2.26. The van der Waals surface area contributed by atoms with Crippen LogP contribution in [0.15, 0.2) is 24.3 Å². The molecular formula is C12H10F3N5O2. The molecule has 0 saturated carbocycles. The van der Waals surface area contributed by atoms with E-state index in [4.69, 9.17) is 0 Å². The fourth-order valence-electron chi connectivity index (χ4n) is 1.56. The lowest BCUT2D eigenvalue weighted by Crippen LogP contribution is -2.14. The highest BCUT2D eigenvalue weighted by molar-refractivity contribution is 6.04. The van der Waals surface area contributed by atoms with E-state index in [1.165, 1.54) is 25.1 Å². The third-order valence-corrected chi connectivity index (χ3v) is 2.42. The predicted molar refractivity (Wildman–Crippen MR) is 70.1 cm³/mol. The van der Waals surface area contributed by atoms with Gasteiger partial charge < -0.3 is 5.32 Å². The molecule has 1 aromatic heterocycles. The average molecular weight is 313 g/mol. The number of hydrogen-bond donors (Lipinski definition) is 3. The Labute approximate surface area is 121 Å². The second kappa shape index (κ2) is 5.84. The van der Waals surface area contributed by atoms with Gasteiger partial charge in [0.2, 0.25) is 17.7 Å². The van der Waals surface area contributed by atoms with E-state index in [1.807, 2.05) is 0 Å². The van der Waals surface area contributed by atoms with E-state index in [9.17, 15) is 22.8 Å². The summed E-state index contributed by atoms with van der Waals surface area (Å²) in [6, 6.07) is 5.87. The zero-order valence-electron chi connectivity index (χ0n) is 11.2. The molecular weight excluding hydrogens is 303 g/mol. The fourth-order valence-corrected chi connectivity index (χ4v) is 1.56. The molecule has 0 unspecified atom stereocenters.